The molecule has 0 atom stereocenters. The molecule has 0 bridgehead atoms. The number of rotatable bonds is 4. The number of phenols is 1. The van der Waals surface area contributed by atoms with Crippen molar-refractivity contribution < 1.29 is 10.3 Å². The Balaban J connectivity index is 1.97. The summed E-state index contributed by atoms with van der Waals surface area (Å²) in [5.74, 6) is 0.872. The summed E-state index contributed by atoms with van der Waals surface area (Å²) in [5, 5.41) is 25.2. The van der Waals surface area contributed by atoms with E-state index in [1.165, 1.54) is 0 Å². The molecule has 176 valence electrons. The molecule has 5 heteroatoms. The lowest BCUT2D eigenvalue weighted by molar-refractivity contribution is 0.319. The second-order valence-corrected chi connectivity index (χ2v) is 10.9. The third-order valence-electron chi connectivity index (χ3n) is 6.15. The van der Waals surface area contributed by atoms with Crippen LogP contribution in [0.15, 0.2) is 71.9 Å². The van der Waals surface area contributed by atoms with Crippen molar-refractivity contribution in [1.82, 2.24) is 9.55 Å². The van der Waals surface area contributed by atoms with Crippen LogP contribution in [0.25, 0.3) is 11.0 Å². The third kappa shape index (κ3) is 4.43. The number of aromatic nitrogens is 2. The van der Waals surface area contributed by atoms with Crippen LogP contribution in [0.4, 0.5) is 0 Å². The Morgan fingerprint density at radius 2 is 1.41 bits per heavy atom. The summed E-state index contributed by atoms with van der Waals surface area (Å²) >= 11 is 0. The number of nitrogens with zero attached hydrogens (tertiary/aromatic N) is 3. The normalized spacial score (nSPS) is 12.9. The van der Waals surface area contributed by atoms with E-state index in [1.54, 1.807) is 0 Å². The predicted molar refractivity (Wildman–Crippen MR) is 138 cm³/mol. The van der Waals surface area contributed by atoms with Gasteiger partial charge in [0.25, 0.3) is 0 Å². The van der Waals surface area contributed by atoms with E-state index < -0.39 is 0 Å². The molecule has 4 rings (SSSR count). The van der Waals surface area contributed by atoms with Crippen molar-refractivity contribution in [3.05, 3.63) is 94.8 Å². The Hall–Kier alpha value is -3.60. The molecule has 0 aliphatic heterocycles. The second-order valence-electron chi connectivity index (χ2n) is 10.9. The Morgan fingerprint density at radius 3 is 1.97 bits per heavy atom. The van der Waals surface area contributed by atoms with Crippen molar-refractivity contribution in [2.24, 2.45) is 5.16 Å². The van der Waals surface area contributed by atoms with Crippen molar-refractivity contribution in [2.75, 3.05) is 0 Å². The van der Waals surface area contributed by atoms with Crippen LogP contribution in [0, 0.1) is 0 Å². The Morgan fingerprint density at radius 1 is 0.853 bits per heavy atom. The van der Waals surface area contributed by atoms with Crippen LogP contribution in [-0.4, -0.2) is 25.6 Å². The Bertz CT molecular complexity index is 1320. The molecular weight excluding hydrogens is 422 g/mol. The maximum absolute atomic E-state index is 11.2. The first kappa shape index (κ1) is 23.6. The quantitative estimate of drug-likeness (QED) is 0.207. The lowest BCUT2D eigenvalue weighted by atomic mass is 9.78. The molecule has 4 aromatic rings. The summed E-state index contributed by atoms with van der Waals surface area (Å²) in [4.78, 5) is 4.87. The number of fused-ring (bicyclic) bond motifs is 1. The van der Waals surface area contributed by atoms with Gasteiger partial charge < -0.3 is 14.9 Å². The van der Waals surface area contributed by atoms with Crippen LogP contribution in [-0.2, 0) is 17.4 Å². The van der Waals surface area contributed by atoms with Gasteiger partial charge in [-0.25, -0.2) is 4.98 Å². The highest BCUT2D eigenvalue weighted by Crippen LogP contribution is 2.40. The van der Waals surface area contributed by atoms with Gasteiger partial charge in [0.05, 0.1) is 11.0 Å². The first-order valence-electron chi connectivity index (χ1n) is 11.6. The average molecular weight is 456 g/mol. The summed E-state index contributed by atoms with van der Waals surface area (Å²) in [6, 6.07) is 22.0. The number of hydrogen-bond donors (Lipinski definition) is 2. The van der Waals surface area contributed by atoms with Crippen LogP contribution >= 0.6 is 0 Å². The number of oxime groups is 1. The maximum Gasteiger partial charge on any atom is 0.164 e. The molecule has 0 saturated carbocycles. The maximum atomic E-state index is 11.2. The fourth-order valence-electron chi connectivity index (χ4n) is 4.33. The highest BCUT2D eigenvalue weighted by atomic mass is 16.4. The van der Waals surface area contributed by atoms with Gasteiger partial charge in [-0.3, -0.25) is 0 Å². The standard InChI is InChI=1S/C29H33N3O2/c1-28(2,3)21-16-20(17-22(26(21)33)29(4,5)6)25(31-34)27-30-23-14-10-11-15-24(23)32(27)18-19-12-8-7-9-13-19/h7-17,33-34H,18H2,1-6H3. The molecular formula is C29H33N3O2. The molecule has 34 heavy (non-hydrogen) atoms. The SMILES string of the molecule is CC(C)(C)c1cc(C(=NO)c2nc3ccccc3n2Cc2ccccc2)cc(C(C)(C)C)c1O. The first-order chi connectivity index (χ1) is 16.0. The van der Waals surface area contributed by atoms with Gasteiger partial charge in [0.15, 0.2) is 11.5 Å². The van der Waals surface area contributed by atoms with E-state index >= 15 is 0 Å². The van der Waals surface area contributed by atoms with Gasteiger partial charge in [-0.2, -0.15) is 0 Å². The summed E-state index contributed by atoms with van der Waals surface area (Å²) < 4.78 is 2.08. The van der Waals surface area contributed by atoms with Crippen LogP contribution in [0.1, 0.15) is 69.6 Å². The van der Waals surface area contributed by atoms with E-state index in [1.807, 2.05) is 54.6 Å². The van der Waals surface area contributed by atoms with Gasteiger partial charge >= 0.3 is 0 Å². The largest absolute Gasteiger partial charge is 0.507 e. The van der Waals surface area contributed by atoms with Crippen LogP contribution in [0.3, 0.4) is 0 Å². The smallest absolute Gasteiger partial charge is 0.164 e. The second kappa shape index (κ2) is 8.64. The van der Waals surface area contributed by atoms with Crippen molar-refractivity contribution in [3.8, 4) is 5.75 Å². The molecule has 5 nitrogen and oxygen atoms in total. The lowest BCUT2D eigenvalue weighted by Crippen LogP contribution is -2.20. The number of hydrogen-bond acceptors (Lipinski definition) is 4. The van der Waals surface area contributed by atoms with Crippen LogP contribution < -0.4 is 0 Å². The molecule has 0 spiro atoms. The molecule has 3 aromatic carbocycles. The minimum atomic E-state index is -0.301. The minimum absolute atomic E-state index is 0.291. The zero-order chi connectivity index (χ0) is 24.7. The summed E-state index contributed by atoms with van der Waals surface area (Å²) in [6.45, 7) is 13.0. The summed E-state index contributed by atoms with van der Waals surface area (Å²) in [7, 11) is 0. The molecule has 0 fully saturated rings. The molecule has 0 saturated heterocycles. The Kier molecular flexibility index (Phi) is 5.98. The van der Waals surface area contributed by atoms with Crippen LogP contribution in [0.2, 0.25) is 0 Å². The van der Waals surface area contributed by atoms with Gasteiger partial charge in [-0.15, -0.1) is 0 Å². The number of benzene rings is 3. The number of para-hydroxylation sites is 2. The highest BCUT2D eigenvalue weighted by Gasteiger charge is 2.29. The van der Waals surface area contributed by atoms with Gasteiger partial charge in [-0.1, -0.05) is 89.2 Å². The van der Waals surface area contributed by atoms with Crippen molar-refractivity contribution in [1.29, 1.82) is 0 Å². The molecule has 1 aromatic heterocycles. The minimum Gasteiger partial charge on any atom is -0.507 e. The number of phenolic OH excluding ortho intramolecular Hbond substituents is 1. The van der Waals surface area contributed by atoms with E-state index in [4.69, 9.17) is 4.98 Å². The van der Waals surface area contributed by atoms with Gasteiger partial charge in [0, 0.05) is 23.2 Å². The fourth-order valence-corrected chi connectivity index (χ4v) is 4.33. The van der Waals surface area contributed by atoms with E-state index in [9.17, 15) is 10.3 Å². The van der Waals surface area contributed by atoms with E-state index in [0.717, 1.165) is 33.3 Å². The molecule has 0 radical (unpaired) electrons. The van der Waals surface area contributed by atoms with E-state index in [0.29, 0.717) is 23.8 Å². The first-order valence-corrected chi connectivity index (χ1v) is 11.6. The molecule has 0 unspecified atom stereocenters. The topological polar surface area (TPSA) is 70.6 Å². The highest BCUT2D eigenvalue weighted by molar-refractivity contribution is 6.12. The average Bonchev–Trinajstić information content (AvgIpc) is 3.12. The number of imidazole rings is 1. The van der Waals surface area contributed by atoms with E-state index in [2.05, 4.69) is 63.4 Å². The summed E-state index contributed by atoms with van der Waals surface area (Å²) in [5.41, 5.74) is 5.04. The zero-order valence-electron chi connectivity index (χ0n) is 20.8. The molecule has 0 aliphatic carbocycles. The summed E-state index contributed by atoms with van der Waals surface area (Å²) in [6.07, 6.45) is 0. The van der Waals surface area contributed by atoms with E-state index in [-0.39, 0.29) is 10.8 Å². The predicted octanol–water partition coefficient (Wildman–Crippen LogP) is 6.61. The number of aromatic hydroxyl groups is 1. The monoisotopic (exact) mass is 455 g/mol. The van der Waals surface area contributed by atoms with Gasteiger partial charge in [0.1, 0.15) is 5.75 Å². The van der Waals surface area contributed by atoms with Gasteiger partial charge in [-0.05, 0) is 40.7 Å². The van der Waals surface area contributed by atoms with Crippen molar-refractivity contribution >= 4 is 16.7 Å². The van der Waals surface area contributed by atoms with Crippen molar-refractivity contribution in [2.45, 2.75) is 58.9 Å². The lowest BCUT2D eigenvalue weighted by Gasteiger charge is -2.28. The molecule has 1 heterocycles. The Labute approximate surface area is 201 Å². The van der Waals surface area contributed by atoms with Crippen LogP contribution in [0.5, 0.6) is 5.75 Å². The molecule has 2 N–H and O–H groups in total. The van der Waals surface area contributed by atoms with Crippen molar-refractivity contribution in [3.63, 3.8) is 0 Å². The molecule has 0 aliphatic rings. The van der Waals surface area contributed by atoms with Gasteiger partial charge in [0.2, 0.25) is 0 Å². The zero-order valence-corrected chi connectivity index (χ0v) is 20.8. The fraction of sp³-hybridized carbons (Fsp3) is 0.310. The molecule has 0 amide bonds. The third-order valence-corrected chi connectivity index (χ3v) is 6.15.